The second kappa shape index (κ2) is 12.7. The first-order valence-electron chi connectivity index (χ1n) is 11.8. The quantitative estimate of drug-likeness (QED) is 0.165. The van der Waals surface area contributed by atoms with E-state index in [1.54, 1.807) is 9.13 Å². The molecule has 1 heterocycles. The standard InChI is InChI=1S/C26H31F3IN3O4S/c1-18(34)37-12-6-11-32-22-10-9-21(30)16-23(22)33(17-36-13-14-38(2,3)4)25(32)31-24(35)19-7-5-8-20(15-19)26(27,28)29/h5,7-10,15-16H,6,11-14,17H2,1-4H3/b31-25-. The van der Waals surface area contributed by atoms with Crippen LogP contribution in [0.4, 0.5) is 13.2 Å². The summed E-state index contributed by atoms with van der Waals surface area (Å²) in [5.74, 6) is -0.310. The van der Waals surface area contributed by atoms with E-state index in [0.717, 1.165) is 32.5 Å². The van der Waals surface area contributed by atoms with Gasteiger partial charge in [0.05, 0.1) is 29.8 Å². The van der Waals surface area contributed by atoms with E-state index in [1.807, 2.05) is 18.2 Å². The van der Waals surface area contributed by atoms with Crippen LogP contribution in [-0.4, -0.2) is 58.7 Å². The molecular weight excluding hydrogens is 634 g/mol. The van der Waals surface area contributed by atoms with Crippen LogP contribution >= 0.6 is 32.6 Å². The summed E-state index contributed by atoms with van der Waals surface area (Å²) >= 11 is 2.19. The first kappa shape index (κ1) is 30.2. The minimum absolute atomic E-state index is 0.109. The number of hydrogen-bond acceptors (Lipinski definition) is 4. The number of benzene rings is 2. The Morgan fingerprint density at radius 2 is 1.76 bits per heavy atom. The van der Waals surface area contributed by atoms with Gasteiger partial charge in [-0.25, -0.2) is 10.0 Å². The fraction of sp³-hybridized carbons (Fsp3) is 0.423. The Morgan fingerprint density at radius 3 is 2.42 bits per heavy atom. The third kappa shape index (κ3) is 8.34. The van der Waals surface area contributed by atoms with Crippen molar-refractivity contribution in [1.82, 2.24) is 9.13 Å². The summed E-state index contributed by atoms with van der Waals surface area (Å²) in [7, 11) is -0.777. The number of nitrogens with zero attached hydrogens (tertiary/aromatic N) is 3. The van der Waals surface area contributed by atoms with Gasteiger partial charge < -0.3 is 14.0 Å². The molecule has 3 aromatic rings. The lowest BCUT2D eigenvalue weighted by Crippen LogP contribution is -2.29. The zero-order valence-electron chi connectivity index (χ0n) is 21.7. The molecule has 0 bridgehead atoms. The highest BCUT2D eigenvalue weighted by Crippen LogP contribution is 2.33. The van der Waals surface area contributed by atoms with Crippen molar-refractivity contribution in [2.45, 2.75) is 32.8 Å². The third-order valence-electron chi connectivity index (χ3n) is 5.53. The van der Waals surface area contributed by atoms with Gasteiger partial charge in [-0.15, -0.1) is 0 Å². The van der Waals surface area contributed by atoms with Gasteiger partial charge in [-0.1, -0.05) is 6.07 Å². The SMILES string of the molecule is CC(=O)OCCCn1/c(=N/C(=O)c2cccc(C(F)(F)F)c2)n(COCCS(C)(C)C)c2cc(I)ccc21. The molecule has 0 N–H and O–H groups in total. The number of fused-ring (bicyclic) bond motifs is 1. The van der Waals surface area contributed by atoms with E-state index >= 15 is 0 Å². The molecule has 0 aliphatic carbocycles. The molecule has 0 saturated carbocycles. The van der Waals surface area contributed by atoms with Gasteiger partial charge in [-0.05, 0) is 84.2 Å². The van der Waals surface area contributed by atoms with Gasteiger partial charge in [-0.2, -0.15) is 18.2 Å². The number of hydrogen-bond donors (Lipinski definition) is 0. The summed E-state index contributed by atoms with van der Waals surface area (Å²) in [6.45, 7) is 2.48. The number of esters is 1. The predicted octanol–water partition coefficient (Wildman–Crippen LogP) is 5.43. The van der Waals surface area contributed by atoms with Crippen LogP contribution in [0.3, 0.4) is 0 Å². The first-order chi connectivity index (χ1) is 17.8. The van der Waals surface area contributed by atoms with Crippen LogP contribution in [0, 0.1) is 3.57 Å². The highest BCUT2D eigenvalue weighted by atomic mass is 127. The highest BCUT2D eigenvalue weighted by molar-refractivity contribution is 14.1. The van der Waals surface area contributed by atoms with E-state index in [2.05, 4.69) is 46.4 Å². The van der Waals surface area contributed by atoms with Gasteiger partial charge in [0.1, 0.15) is 6.73 Å². The molecule has 1 amide bonds. The van der Waals surface area contributed by atoms with E-state index in [-0.39, 0.29) is 24.5 Å². The van der Waals surface area contributed by atoms with Crippen molar-refractivity contribution < 1.29 is 32.2 Å². The summed E-state index contributed by atoms with van der Waals surface area (Å²) in [6, 6.07) is 9.96. The zero-order valence-corrected chi connectivity index (χ0v) is 24.7. The molecular formula is C26H31F3IN3O4S. The maximum atomic E-state index is 13.2. The molecule has 0 fully saturated rings. The van der Waals surface area contributed by atoms with Gasteiger partial charge in [-0.3, -0.25) is 14.2 Å². The second-order valence-electron chi connectivity index (χ2n) is 9.53. The number of aryl methyl sites for hydroxylation is 1. The zero-order chi connectivity index (χ0) is 28.1. The van der Waals surface area contributed by atoms with Gasteiger partial charge in [0, 0.05) is 28.4 Å². The third-order valence-corrected chi connectivity index (χ3v) is 7.59. The normalized spacial score (nSPS) is 13.2. The summed E-state index contributed by atoms with van der Waals surface area (Å²) in [5.41, 5.74) is 0.693. The van der Waals surface area contributed by atoms with Crippen molar-refractivity contribution in [1.29, 1.82) is 0 Å². The number of carbonyl (C=O) groups is 2. The largest absolute Gasteiger partial charge is 0.466 e. The average molecular weight is 666 g/mol. The van der Waals surface area contributed by atoms with Gasteiger partial charge in [0.2, 0.25) is 5.62 Å². The van der Waals surface area contributed by atoms with Crippen LogP contribution < -0.4 is 5.62 Å². The summed E-state index contributed by atoms with van der Waals surface area (Å²) in [6.07, 6.45) is 2.44. The molecule has 3 rings (SSSR count). The number of imidazole rings is 1. The number of amides is 1. The van der Waals surface area contributed by atoms with Crippen LogP contribution in [-0.2, 0) is 33.7 Å². The molecule has 0 unspecified atom stereocenters. The molecule has 0 spiro atoms. The second-order valence-corrected chi connectivity index (χ2v) is 15.4. The molecule has 12 heteroatoms. The van der Waals surface area contributed by atoms with Crippen LogP contribution in [0.25, 0.3) is 11.0 Å². The molecule has 0 aliphatic heterocycles. The number of rotatable bonds is 10. The van der Waals surface area contributed by atoms with E-state index < -0.39 is 33.6 Å². The number of alkyl halides is 3. The van der Waals surface area contributed by atoms with Crippen LogP contribution in [0.2, 0.25) is 0 Å². The van der Waals surface area contributed by atoms with Crippen molar-refractivity contribution in [3.05, 3.63) is 62.8 Å². The van der Waals surface area contributed by atoms with Crippen molar-refractivity contribution in [3.8, 4) is 0 Å². The topological polar surface area (TPSA) is 74.8 Å². The number of ether oxygens (including phenoxy) is 2. The molecule has 0 aliphatic rings. The minimum Gasteiger partial charge on any atom is -0.466 e. The Balaban J connectivity index is 2.10. The molecule has 0 radical (unpaired) electrons. The maximum absolute atomic E-state index is 13.2. The Bertz CT molecular complexity index is 1380. The first-order valence-corrected chi connectivity index (χ1v) is 15.9. The van der Waals surface area contributed by atoms with Crippen LogP contribution in [0.15, 0.2) is 47.5 Å². The Labute approximate surface area is 234 Å². The lowest BCUT2D eigenvalue weighted by molar-refractivity contribution is -0.141. The Hall–Kier alpha value is -2.32. The average Bonchev–Trinajstić information content (AvgIpc) is 3.09. The number of carbonyl (C=O) groups excluding carboxylic acids is 2. The Kier molecular flexibility index (Phi) is 10.1. The molecule has 0 saturated heterocycles. The van der Waals surface area contributed by atoms with Crippen molar-refractivity contribution >= 4 is 55.5 Å². The van der Waals surface area contributed by atoms with E-state index in [1.165, 1.54) is 19.1 Å². The summed E-state index contributed by atoms with van der Waals surface area (Å²) in [4.78, 5) is 28.6. The molecule has 1 aromatic heterocycles. The summed E-state index contributed by atoms with van der Waals surface area (Å²) in [5, 5.41) is 0. The van der Waals surface area contributed by atoms with E-state index in [4.69, 9.17) is 9.47 Å². The number of aromatic nitrogens is 2. The number of halogens is 4. The molecule has 7 nitrogen and oxygen atoms in total. The fourth-order valence-electron chi connectivity index (χ4n) is 3.66. The predicted molar refractivity (Wildman–Crippen MR) is 151 cm³/mol. The molecule has 208 valence electrons. The van der Waals surface area contributed by atoms with Gasteiger partial charge >= 0.3 is 12.1 Å². The Morgan fingerprint density at radius 1 is 1.03 bits per heavy atom. The minimum atomic E-state index is -4.58. The monoisotopic (exact) mass is 665 g/mol. The van der Waals surface area contributed by atoms with Crippen LogP contribution in [0.1, 0.15) is 29.3 Å². The van der Waals surface area contributed by atoms with Gasteiger partial charge in [0.25, 0.3) is 5.91 Å². The maximum Gasteiger partial charge on any atom is 0.416 e. The fourth-order valence-corrected chi connectivity index (χ4v) is 4.75. The van der Waals surface area contributed by atoms with Crippen LogP contribution in [0.5, 0.6) is 0 Å². The molecule has 38 heavy (non-hydrogen) atoms. The summed E-state index contributed by atoms with van der Waals surface area (Å²) < 4.78 is 55.3. The molecule has 2 aromatic carbocycles. The molecule has 0 atom stereocenters. The highest BCUT2D eigenvalue weighted by Gasteiger charge is 2.31. The van der Waals surface area contributed by atoms with E-state index in [9.17, 15) is 22.8 Å². The van der Waals surface area contributed by atoms with Crippen molar-refractivity contribution in [3.63, 3.8) is 0 Å². The van der Waals surface area contributed by atoms with E-state index in [0.29, 0.717) is 19.6 Å². The van der Waals surface area contributed by atoms with Gasteiger partial charge in [0.15, 0.2) is 0 Å². The van der Waals surface area contributed by atoms with Crippen molar-refractivity contribution in [2.75, 3.05) is 37.7 Å². The lowest BCUT2D eigenvalue weighted by Gasteiger charge is -2.24. The smallest absolute Gasteiger partial charge is 0.416 e. The lowest BCUT2D eigenvalue weighted by atomic mass is 10.1. The van der Waals surface area contributed by atoms with Crippen molar-refractivity contribution in [2.24, 2.45) is 4.99 Å².